The predicted octanol–water partition coefficient (Wildman–Crippen LogP) is -0.102. The third-order valence-corrected chi connectivity index (χ3v) is 1.11. The van der Waals surface area contributed by atoms with Gasteiger partial charge < -0.3 is 10.4 Å². The van der Waals surface area contributed by atoms with Crippen molar-refractivity contribution < 1.29 is 9.90 Å². The van der Waals surface area contributed by atoms with Crippen LogP contribution in [0.2, 0.25) is 0 Å². The zero-order valence-corrected chi connectivity index (χ0v) is 5.27. The van der Waals surface area contributed by atoms with Crippen molar-refractivity contribution in [2.45, 2.75) is 6.04 Å². The zero-order valence-electron chi connectivity index (χ0n) is 4.52. The molecule has 4 heteroatoms. The second-order valence-corrected chi connectivity index (χ2v) is 1.64. The predicted molar refractivity (Wildman–Crippen MR) is 31.2 cm³/mol. The Morgan fingerprint density at radius 1 is 2.00 bits per heavy atom. The fourth-order valence-corrected chi connectivity index (χ4v) is 0.553. The van der Waals surface area contributed by atoms with Crippen LogP contribution in [-0.2, 0) is 4.79 Å². The molecule has 0 spiro atoms. The van der Waals surface area contributed by atoms with Crippen LogP contribution in [0, 0.1) is 0 Å². The Kier molecular flexibility index (Phi) is 3.56. The van der Waals surface area contributed by atoms with Crippen LogP contribution in [0.25, 0.3) is 0 Å². The second-order valence-electron chi connectivity index (χ2n) is 1.33. The van der Waals surface area contributed by atoms with E-state index in [1.54, 1.807) is 7.05 Å². The molecule has 8 heavy (non-hydrogen) atoms. The summed E-state index contributed by atoms with van der Waals surface area (Å²) in [6.07, 6.45) is 0. The summed E-state index contributed by atoms with van der Waals surface area (Å²) in [5.41, 5.74) is 0. The molecule has 48 valence electrons. The number of rotatable bonds is 3. The van der Waals surface area contributed by atoms with Crippen molar-refractivity contribution in [3.8, 4) is 0 Å². The van der Waals surface area contributed by atoms with Gasteiger partial charge >= 0.3 is 5.97 Å². The van der Waals surface area contributed by atoms with Gasteiger partial charge in [0.15, 0.2) is 0 Å². The highest BCUT2D eigenvalue weighted by atomic mass is 35.5. The van der Waals surface area contributed by atoms with E-state index in [0.717, 1.165) is 0 Å². The highest BCUT2D eigenvalue weighted by Crippen LogP contribution is 1.85. The minimum Gasteiger partial charge on any atom is -0.480 e. The Labute approximate surface area is 52.6 Å². The van der Waals surface area contributed by atoms with Crippen LogP contribution in [0.15, 0.2) is 0 Å². The number of carbonyl (C=O) groups is 1. The van der Waals surface area contributed by atoms with Gasteiger partial charge in [-0.3, -0.25) is 4.79 Å². The Morgan fingerprint density at radius 2 is 2.50 bits per heavy atom. The monoisotopic (exact) mass is 137 g/mol. The van der Waals surface area contributed by atoms with E-state index in [9.17, 15) is 4.79 Å². The summed E-state index contributed by atoms with van der Waals surface area (Å²) < 4.78 is 0. The molecule has 0 amide bonds. The first-order valence-electron chi connectivity index (χ1n) is 2.18. The van der Waals surface area contributed by atoms with Gasteiger partial charge in [-0.1, -0.05) is 0 Å². The van der Waals surface area contributed by atoms with E-state index in [-0.39, 0.29) is 5.88 Å². The maximum absolute atomic E-state index is 10.0. The van der Waals surface area contributed by atoms with E-state index in [2.05, 4.69) is 5.32 Å². The SMILES string of the molecule is CNC(CCl)C(=O)O. The average Bonchev–Trinajstić information content (AvgIpc) is 1.69. The van der Waals surface area contributed by atoms with Gasteiger partial charge in [0.2, 0.25) is 0 Å². The van der Waals surface area contributed by atoms with Gasteiger partial charge in [-0.2, -0.15) is 0 Å². The first kappa shape index (κ1) is 7.72. The van der Waals surface area contributed by atoms with Gasteiger partial charge in [0.1, 0.15) is 6.04 Å². The first-order valence-corrected chi connectivity index (χ1v) is 2.72. The molecule has 3 nitrogen and oxygen atoms in total. The quantitative estimate of drug-likeness (QED) is 0.534. The third-order valence-electron chi connectivity index (χ3n) is 0.801. The summed E-state index contributed by atoms with van der Waals surface area (Å²) in [6, 6.07) is -0.614. The molecule has 2 N–H and O–H groups in total. The van der Waals surface area contributed by atoms with Gasteiger partial charge in [-0.25, -0.2) is 0 Å². The third kappa shape index (κ3) is 2.14. The molecule has 0 aromatic heterocycles. The molecule has 1 atom stereocenters. The van der Waals surface area contributed by atoms with Crippen molar-refractivity contribution in [2.75, 3.05) is 12.9 Å². The number of nitrogens with one attached hydrogen (secondary N) is 1. The molecule has 0 aromatic rings. The summed E-state index contributed by atoms with van der Waals surface area (Å²) in [5.74, 6) is -0.811. The lowest BCUT2D eigenvalue weighted by molar-refractivity contribution is -0.138. The highest BCUT2D eigenvalue weighted by Gasteiger charge is 2.11. The van der Waals surface area contributed by atoms with Gasteiger partial charge in [-0.15, -0.1) is 11.6 Å². The molecule has 0 aromatic carbocycles. The fourth-order valence-electron chi connectivity index (χ4n) is 0.267. The van der Waals surface area contributed by atoms with E-state index >= 15 is 0 Å². The fraction of sp³-hybridized carbons (Fsp3) is 0.750. The molecule has 0 aliphatic rings. The average molecular weight is 138 g/mol. The standard InChI is InChI=1S/C4H8ClNO2/c1-6-3(2-5)4(7)8/h3,6H,2H2,1H3,(H,7,8). The topological polar surface area (TPSA) is 49.3 Å². The molecular formula is C4H8ClNO2. The molecule has 0 bridgehead atoms. The molecule has 0 heterocycles. The second kappa shape index (κ2) is 3.69. The van der Waals surface area contributed by atoms with E-state index in [4.69, 9.17) is 16.7 Å². The summed E-state index contributed by atoms with van der Waals surface area (Å²) in [5, 5.41) is 10.7. The number of hydrogen-bond donors (Lipinski definition) is 2. The number of carboxylic acid groups (broad SMARTS) is 1. The number of hydrogen-bond acceptors (Lipinski definition) is 2. The van der Waals surface area contributed by atoms with Crippen molar-refractivity contribution in [1.82, 2.24) is 5.32 Å². The molecule has 0 aliphatic heterocycles. The number of aliphatic carboxylic acids is 1. The van der Waals surface area contributed by atoms with E-state index in [1.807, 2.05) is 0 Å². The van der Waals surface area contributed by atoms with Crippen molar-refractivity contribution >= 4 is 17.6 Å². The lowest BCUT2D eigenvalue weighted by Gasteiger charge is -2.03. The normalized spacial score (nSPS) is 13.2. The first-order chi connectivity index (χ1) is 3.72. The number of likely N-dealkylation sites (N-methyl/N-ethyl adjacent to an activating group) is 1. The molecular weight excluding hydrogens is 130 g/mol. The lowest BCUT2D eigenvalue weighted by Crippen LogP contribution is -2.35. The van der Waals surface area contributed by atoms with E-state index < -0.39 is 12.0 Å². The van der Waals surface area contributed by atoms with Crippen molar-refractivity contribution in [2.24, 2.45) is 0 Å². The number of carboxylic acids is 1. The minimum atomic E-state index is -0.914. The Morgan fingerprint density at radius 3 is 2.50 bits per heavy atom. The Hall–Kier alpha value is -0.280. The van der Waals surface area contributed by atoms with Gasteiger partial charge in [0, 0.05) is 5.88 Å². The maximum atomic E-state index is 10.0. The zero-order chi connectivity index (χ0) is 6.57. The summed E-state index contributed by atoms with van der Waals surface area (Å²) in [4.78, 5) is 10.0. The summed E-state index contributed by atoms with van der Waals surface area (Å²) >= 11 is 5.22. The van der Waals surface area contributed by atoms with Crippen LogP contribution in [-0.4, -0.2) is 30.0 Å². The van der Waals surface area contributed by atoms with Crippen molar-refractivity contribution in [3.05, 3.63) is 0 Å². The molecule has 0 aliphatic carbocycles. The Bertz CT molecular complexity index is 82.1. The molecule has 0 saturated heterocycles. The van der Waals surface area contributed by atoms with Gasteiger partial charge in [0.05, 0.1) is 0 Å². The van der Waals surface area contributed by atoms with Crippen LogP contribution in [0.4, 0.5) is 0 Å². The van der Waals surface area contributed by atoms with E-state index in [1.165, 1.54) is 0 Å². The van der Waals surface area contributed by atoms with Crippen LogP contribution < -0.4 is 5.32 Å². The summed E-state index contributed by atoms with van der Waals surface area (Å²) in [6.45, 7) is 0. The molecule has 0 saturated carbocycles. The Balaban J connectivity index is 3.52. The molecule has 0 fully saturated rings. The van der Waals surface area contributed by atoms with Crippen molar-refractivity contribution in [3.63, 3.8) is 0 Å². The van der Waals surface area contributed by atoms with Gasteiger partial charge in [-0.05, 0) is 7.05 Å². The summed E-state index contributed by atoms with van der Waals surface area (Å²) in [7, 11) is 1.56. The van der Waals surface area contributed by atoms with Crippen molar-refractivity contribution in [1.29, 1.82) is 0 Å². The lowest BCUT2D eigenvalue weighted by atomic mass is 10.4. The highest BCUT2D eigenvalue weighted by molar-refractivity contribution is 6.19. The van der Waals surface area contributed by atoms with E-state index in [0.29, 0.717) is 0 Å². The molecule has 0 rings (SSSR count). The minimum absolute atomic E-state index is 0.103. The molecule has 0 radical (unpaired) electrons. The largest absolute Gasteiger partial charge is 0.480 e. The van der Waals surface area contributed by atoms with Crippen LogP contribution in [0.3, 0.4) is 0 Å². The number of halogens is 1. The smallest absolute Gasteiger partial charge is 0.321 e. The van der Waals surface area contributed by atoms with Crippen LogP contribution >= 0.6 is 11.6 Å². The number of alkyl halides is 1. The van der Waals surface area contributed by atoms with Crippen LogP contribution in [0.5, 0.6) is 0 Å². The maximum Gasteiger partial charge on any atom is 0.321 e. The molecule has 1 unspecified atom stereocenters. The van der Waals surface area contributed by atoms with Gasteiger partial charge in [0.25, 0.3) is 0 Å². The van der Waals surface area contributed by atoms with Crippen LogP contribution in [0.1, 0.15) is 0 Å².